The number of halogens is 2. The van der Waals surface area contributed by atoms with Crippen LogP contribution in [0.1, 0.15) is 65.6 Å². The highest BCUT2D eigenvalue weighted by Gasteiger charge is 2.25. The number of aromatic nitrogens is 2. The molecule has 2 atom stereocenters. The van der Waals surface area contributed by atoms with Crippen LogP contribution in [0.2, 0.25) is 10.0 Å². The van der Waals surface area contributed by atoms with E-state index in [9.17, 15) is 9.00 Å². The zero-order valence-corrected chi connectivity index (χ0v) is 31.8. The molecule has 0 aliphatic rings. The molecule has 2 aromatic heterocycles. The zero-order chi connectivity index (χ0) is 36.1. The van der Waals surface area contributed by atoms with E-state index in [1.807, 2.05) is 102 Å². The maximum atomic E-state index is 12.7. The summed E-state index contributed by atoms with van der Waals surface area (Å²) in [5.41, 5.74) is 5.49. The number of pyridine rings is 2. The first kappa shape index (κ1) is 38.3. The number of nitrogens with one attached hydrogen (secondary N) is 3. The molecule has 49 heavy (non-hydrogen) atoms. The minimum Gasteiger partial charge on any atom is -0.481 e. The molecule has 2 aromatic carbocycles. The summed E-state index contributed by atoms with van der Waals surface area (Å²) in [7, 11) is 1.88. The molecule has 0 bridgehead atoms. The van der Waals surface area contributed by atoms with E-state index in [0.717, 1.165) is 27.8 Å². The van der Waals surface area contributed by atoms with Crippen LogP contribution in [0.4, 0.5) is 0 Å². The predicted octanol–water partition coefficient (Wildman–Crippen LogP) is 7.92. The Morgan fingerprint density at radius 3 is 1.84 bits per heavy atom. The SMILES string of the molecule is COc1nc(-c2cccc(-c3cccc(-c4ccc([C@H](C)NS(=O)C(C)(C)C)c(OC)n4)c3Cl)c2Cl)ccc1CNC(C)(C)CNC(C)=O. The van der Waals surface area contributed by atoms with Crippen molar-refractivity contribution < 1.29 is 18.5 Å². The lowest BCUT2D eigenvalue weighted by molar-refractivity contribution is -0.119. The van der Waals surface area contributed by atoms with Crippen LogP contribution in [-0.4, -0.2) is 51.1 Å². The number of benzene rings is 2. The number of carbonyl (C=O) groups excluding carboxylic acids is 1. The van der Waals surface area contributed by atoms with Crippen LogP contribution in [-0.2, 0) is 22.3 Å². The molecular weight excluding hydrogens is 681 g/mol. The minimum atomic E-state index is -1.27. The van der Waals surface area contributed by atoms with Crippen LogP contribution >= 0.6 is 23.2 Å². The number of methoxy groups -OCH3 is 2. The number of hydrogen-bond donors (Lipinski definition) is 3. The maximum Gasteiger partial charge on any atom is 0.218 e. The van der Waals surface area contributed by atoms with E-state index < -0.39 is 15.7 Å². The third-order valence-corrected chi connectivity index (χ3v) is 10.4. The van der Waals surface area contributed by atoms with Crippen molar-refractivity contribution in [1.29, 1.82) is 0 Å². The number of rotatable bonds is 13. The fourth-order valence-electron chi connectivity index (χ4n) is 5.04. The smallest absolute Gasteiger partial charge is 0.218 e. The summed E-state index contributed by atoms with van der Waals surface area (Å²) in [5.74, 6) is 0.811. The molecule has 2 heterocycles. The highest BCUT2D eigenvalue weighted by atomic mass is 35.5. The second-order valence-electron chi connectivity index (χ2n) is 13.4. The van der Waals surface area contributed by atoms with Crippen molar-refractivity contribution in [2.45, 2.75) is 71.3 Å². The van der Waals surface area contributed by atoms with E-state index in [0.29, 0.717) is 51.8 Å². The third-order valence-electron chi connectivity index (χ3n) is 7.90. The van der Waals surface area contributed by atoms with Crippen LogP contribution in [0.3, 0.4) is 0 Å². The Labute approximate surface area is 302 Å². The van der Waals surface area contributed by atoms with E-state index in [-0.39, 0.29) is 17.5 Å². The first-order valence-corrected chi connectivity index (χ1v) is 17.8. The molecule has 0 saturated heterocycles. The first-order valence-electron chi connectivity index (χ1n) is 15.9. The largest absolute Gasteiger partial charge is 0.481 e. The van der Waals surface area contributed by atoms with Crippen molar-refractivity contribution in [3.63, 3.8) is 0 Å². The van der Waals surface area contributed by atoms with E-state index in [1.54, 1.807) is 14.2 Å². The second-order valence-corrected chi connectivity index (χ2v) is 16.1. The van der Waals surface area contributed by atoms with Crippen molar-refractivity contribution in [3.05, 3.63) is 81.8 Å². The Morgan fingerprint density at radius 1 is 0.816 bits per heavy atom. The molecule has 0 aliphatic carbocycles. The molecule has 0 saturated carbocycles. The van der Waals surface area contributed by atoms with Crippen LogP contribution < -0.4 is 24.8 Å². The summed E-state index contributed by atoms with van der Waals surface area (Å²) in [6, 6.07) is 18.9. The van der Waals surface area contributed by atoms with Gasteiger partial charge in [-0.05, 0) is 59.7 Å². The molecule has 1 amide bonds. The fourth-order valence-corrected chi connectivity index (χ4v) is 6.49. The van der Waals surface area contributed by atoms with E-state index in [1.165, 1.54) is 6.92 Å². The van der Waals surface area contributed by atoms with Gasteiger partial charge in [0, 0.05) is 65.0 Å². The maximum absolute atomic E-state index is 12.7. The number of ether oxygens (including phenoxy) is 2. The van der Waals surface area contributed by atoms with Crippen LogP contribution in [0, 0.1) is 0 Å². The summed E-state index contributed by atoms with van der Waals surface area (Å²) < 4.78 is 26.8. The molecular formula is C37H45Cl2N5O4S. The number of nitrogens with zero attached hydrogens (tertiary/aromatic N) is 2. The van der Waals surface area contributed by atoms with Gasteiger partial charge in [-0.3, -0.25) is 4.79 Å². The Hall–Kier alpha value is -3.54. The highest BCUT2D eigenvalue weighted by molar-refractivity contribution is 7.84. The fraction of sp³-hybridized carbons (Fsp3) is 0.378. The van der Waals surface area contributed by atoms with E-state index in [2.05, 4.69) is 15.4 Å². The van der Waals surface area contributed by atoms with E-state index in [4.69, 9.17) is 42.6 Å². The average molecular weight is 727 g/mol. The van der Waals surface area contributed by atoms with Crippen molar-refractivity contribution in [1.82, 2.24) is 25.3 Å². The van der Waals surface area contributed by atoms with Gasteiger partial charge in [-0.15, -0.1) is 0 Å². The van der Waals surface area contributed by atoms with Gasteiger partial charge < -0.3 is 20.1 Å². The average Bonchev–Trinajstić information content (AvgIpc) is 3.06. The molecule has 3 N–H and O–H groups in total. The van der Waals surface area contributed by atoms with Crippen molar-refractivity contribution in [2.24, 2.45) is 0 Å². The van der Waals surface area contributed by atoms with Crippen LogP contribution in [0.25, 0.3) is 33.6 Å². The molecule has 0 fully saturated rings. The Kier molecular flexibility index (Phi) is 12.5. The van der Waals surface area contributed by atoms with E-state index >= 15 is 0 Å². The predicted molar refractivity (Wildman–Crippen MR) is 201 cm³/mol. The normalized spacial score (nSPS) is 13.1. The summed E-state index contributed by atoms with van der Waals surface area (Å²) >= 11 is 14.2. The first-order chi connectivity index (χ1) is 23.1. The second kappa shape index (κ2) is 16.0. The summed E-state index contributed by atoms with van der Waals surface area (Å²) in [6.07, 6.45) is 0. The topological polar surface area (TPSA) is 114 Å². The van der Waals surface area contributed by atoms with Gasteiger partial charge in [0.25, 0.3) is 0 Å². The van der Waals surface area contributed by atoms with Gasteiger partial charge >= 0.3 is 0 Å². The van der Waals surface area contributed by atoms with Gasteiger partial charge in [0.15, 0.2) is 0 Å². The molecule has 12 heteroatoms. The zero-order valence-electron chi connectivity index (χ0n) is 29.5. The quantitative estimate of drug-likeness (QED) is 0.128. The molecule has 4 aromatic rings. The lowest BCUT2D eigenvalue weighted by atomic mass is 9.97. The number of amides is 1. The molecule has 9 nitrogen and oxygen atoms in total. The molecule has 0 aliphatic heterocycles. The van der Waals surface area contributed by atoms with Crippen LogP contribution in [0.15, 0.2) is 60.7 Å². The molecule has 262 valence electrons. The van der Waals surface area contributed by atoms with Crippen molar-refractivity contribution in [3.8, 4) is 45.4 Å². The molecule has 0 radical (unpaired) electrons. The van der Waals surface area contributed by atoms with Gasteiger partial charge in [0.2, 0.25) is 17.7 Å². The van der Waals surface area contributed by atoms with Gasteiger partial charge in [0.1, 0.15) is 0 Å². The Bertz CT molecular complexity index is 1840. The lowest BCUT2D eigenvalue weighted by Crippen LogP contribution is -2.48. The minimum absolute atomic E-state index is 0.0772. The van der Waals surface area contributed by atoms with Gasteiger partial charge in [-0.1, -0.05) is 65.7 Å². The summed E-state index contributed by atoms with van der Waals surface area (Å²) in [4.78, 5) is 21.0. The summed E-state index contributed by atoms with van der Waals surface area (Å²) in [6.45, 7) is 14.2. The van der Waals surface area contributed by atoms with Crippen molar-refractivity contribution >= 4 is 40.1 Å². The van der Waals surface area contributed by atoms with Crippen molar-refractivity contribution in [2.75, 3.05) is 20.8 Å². The van der Waals surface area contributed by atoms with Gasteiger partial charge in [-0.2, -0.15) is 0 Å². The summed E-state index contributed by atoms with van der Waals surface area (Å²) in [5, 5.41) is 7.28. The Morgan fingerprint density at radius 2 is 1.33 bits per heavy atom. The highest BCUT2D eigenvalue weighted by Crippen LogP contribution is 2.42. The van der Waals surface area contributed by atoms with Crippen LogP contribution in [0.5, 0.6) is 11.8 Å². The molecule has 4 rings (SSSR count). The monoisotopic (exact) mass is 725 g/mol. The lowest BCUT2D eigenvalue weighted by Gasteiger charge is -2.27. The van der Waals surface area contributed by atoms with Gasteiger partial charge in [-0.25, -0.2) is 18.9 Å². The molecule has 0 spiro atoms. The number of carbonyl (C=O) groups is 1. The van der Waals surface area contributed by atoms with Gasteiger partial charge in [0.05, 0.1) is 51.4 Å². The third kappa shape index (κ3) is 9.38. The number of hydrogen-bond acceptors (Lipinski definition) is 7. The Balaban J connectivity index is 1.64. The standard InChI is InChI=1S/C37H45Cl2N5O4S/c1-22(44-49(46)36(3,4)5)25-17-19-31(43-35(25)48-9)29-15-11-13-27(33(29)39)26-12-10-14-28(32(26)38)30-18-16-24(34(42-30)47-8)20-41-37(6,7)21-40-23(2)45/h10-19,22,41,44H,20-21H2,1-9H3,(H,40,45)/t22-,49?/m0/s1. The molecule has 1 unspecified atom stereocenters.